The van der Waals surface area contributed by atoms with E-state index in [4.69, 9.17) is 0 Å². The van der Waals surface area contributed by atoms with Crippen LogP contribution >= 0.6 is 0 Å². The van der Waals surface area contributed by atoms with Gasteiger partial charge in [-0.05, 0) is 5.56 Å². The summed E-state index contributed by atoms with van der Waals surface area (Å²) in [5, 5.41) is 12.3. The van der Waals surface area contributed by atoms with Crippen molar-refractivity contribution in [2.75, 3.05) is 0 Å². The summed E-state index contributed by atoms with van der Waals surface area (Å²) in [6.07, 6.45) is 0. The Hall–Kier alpha value is -3.45. The third-order valence-electron chi connectivity index (χ3n) is 4.06. The molecule has 0 atom stereocenters. The molecule has 2 aromatic carbocycles. The first-order chi connectivity index (χ1) is 11.2. The molecule has 23 heavy (non-hydrogen) atoms. The first-order valence-electron chi connectivity index (χ1n) is 7.12. The highest BCUT2D eigenvalue weighted by Gasteiger charge is 2.40. The van der Waals surface area contributed by atoms with E-state index in [1.807, 2.05) is 30.3 Å². The summed E-state index contributed by atoms with van der Waals surface area (Å²) in [6, 6.07) is 18.2. The van der Waals surface area contributed by atoms with Gasteiger partial charge in [0.05, 0.1) is 22.4 Å². The smallest absolute Gasteiger partial charge is 0.257 e. The topological polar surface area (TPSA) is 70.0 Å². The number of nitrogens with zero attached hydrogens (tertiary/aromatic N) is 1. The fourth-order valence-electron chi connectivity index (χ4n) is 3.05. The molecule has 1 amide bonds. The zero-order valence-electron chi connectivity index (χ0n) is 12.0. The first kappa shape index (κ1) is 13.2. The van der Waals surface area contributed by atoms with Crippen molar-refractivity contribution in [3.8, 4) is 6.07 Å². The van der Waals surface area contributed by atoms with Gasteiger partial charge in [0.2, 0.25) is 0 Å². The molecule has 2 aromatic rings. The molecule has 1 heterocycles. The lowest BCUT2D eigenvalue weighted by Crippen LogP contribution is -2.19. The van der Waals surface area contributed by atoms with E-state index in [0.717, 1.165) is 5.56 Å². The lowest BCUT2D eigenvalue weighted by atomic mass is 9.81. The van der Waals surface area contributed by atoms with Gasteiger partial charge in [0.15, 0.2) is 5.78 Å². The van der Waals surface area contributed by atoms with E-state index in [0.29, 0.717) is 16.8 Å². The summed E-state index contributed by atoms with van der Waals surface area (Å²) < 4.78 is 0. The minimum Gasteiger partial charge on any atom is -0.321 e. The molecule has 0 saturated carbocycles. The minimum atomic E-state index is -0.404. The third kappa shape index (κ3) is 1.77. The molecular weight excluding hydrogens is 288 g/mol. The summed E-state index contributed by atoms with van der Waals surface area (Å²) in [4.78, 5) is 25.3. The largest absolute Gasteiger partial charge is 0.321 e. The number of amides is 1. The van der Waals surface area contributed by atoms with E-state index in [1.54, 1.807) is 24.3 Å². The SMILES string of the molecule is N#CC1=C2C(=O)NC(c3ccccc3)=C2C(=O)c2ccccc21. The molecule has 1 aliphatic heterocycles. The minimum absolute atomic E-state index is 0.176. The molecule has 4 rings (SSSR count). The maximum atomic E-state index is 12.9. The van der Waals surface area contributed by atoms with Crippen LogP contribution in [-0.4, -0.2) is 11.7 Å². The van der Waals surface area contributed by atoms with Crippen molar-refractivity contribution < 1.29 is 9.59 Å². The lowest BCUT2D eigenvalue weighted by Gasteiger charge is -2.17. The second-order valence-electron chi connectivity index (χ2n) is 5.31. The molecule has 1 aliphatic carbocycles. The van der Waals surface area contributed by atoms with Crippen LogP contribution in [0.1, 0.15) is 21.5 Å². The summed E-state index contributed by atoms with van der Waals surface area (Å²) in [5.74, 6) is -0.634. The number of carbonyl (C=O) groups is 2. The maximum Gasteiger partial charge on any atom is 0.257 e. The van der Waals surface area contributed by atoms with Crippen LogP contribution in [0.4, 0.5) is 0 Å². The van der Waals surface area contributed by atoms with Crippen molar-refractivity contribution in [1.29, 1.82) is 5.26 Å². The Morgan fingerprint density at radius 2 is 1.48 bits per heavy atom. The molecule has 1 N–H and O–H groups in total. The van der Waals surface area contributed by atoms with Crippen molar-refractivity contribution in [2.24, 2.45) is 0 Å². The average Bonchev–Trinajstić information content (AvgIpc) is 2.94. The number of nitriles is 1. The molecule has 0 fully saturated rings. The number of fused-ring (bicyclic) bond motifs is 2. The number of hydrogen-bond donors (Lipinski definition) is 1. The Morgan fingerprint density at radius 3 is 2.17 bits per heavy atom. The number of ketones is 1. The highest BCUT2D eigenvalue weighted by atomic mass is 16.2. The number of benzene rings is 2. The van der Waals surface area contributed by atoms with E-state index in [9.17, 15) is 14.9 Å². The summed E-state index contributed by atoms with van der Waals surface area (Å²) in [5.41, 5.74) is 2.90. The number of Topliss-reactive ketones (excluding diaryl/α,β-unsaturated/α-hetero) is 1. The van der Waals surface area contributed by atoms with Crippen molar-refractivity contribution in [2.45, 2.75) is 0 Å². The summed E-state index contributed by atoms with van der Waals surface area (Å²) >= 11 is 0. The summed E-state index contributed by atoms with van der Waals surface area (Å²) in [6.45, 7) is 0. The molecule has 4 heteroatoms. The molecule has 0 radical (unpaired) electrons. The number of rotatable bonds is 1. The lowest BCUT2D eigenvalue weighted by molar-refractivity contribution is -0.115. The Labute approximate surface area is 132 Å². The van der Waals surface area contributed by atoms with Gasteiger partial charge in [-0.25, -0.2) is 0 Å². The predicted molar refractivity (Wildman–Crippen MR) is 84.8 cm³/mol. The molecule has 0 spiro atoms. The van der Waals surface area contributed by atoms with Crippen LogP contribution in [0, 0.1) is 11.3 Å². The van der Waals surface area contributed by atoms with Gasteiger partial charge in [-0.2, -0.15) is 5.26 Å². The number of nitrogens with one attached hydrogen (secondary N) is 1. The van der Waals surface area contributed by atoms with Crippen LogP contribution < -0.4 is 5.32 Å². The van der Waals surface area contributed by atoms with Crippen molar-refractivity contribution >= 4 is 23.0 Å². The molecule has 0 saturated heterocycles. The van der Waals surface area contributed by atoms with Crippen LogP contribution in [0.15, 0.2) is 65.7 Å². The first-order valence-corrected chi connectivity index (χ1v) is 7.12. The Balaban J connectivity index is 2.08. The van der Waals surface area contributed by atoms with Gasteiger partial charge in [0.25, 0.3) is 5.91 Å². The van der Waals surface area contributed by atoms with Crippen LogP contribution in [0.5, 0.6) is 0 Å². The quantitative estimate of drug-likeness (QED) is 0.880. The molecule has 0 aromatic heterocycles. The Morgan fingerprint density at radius 1 is 0.826 bits per heavy atom. The van der Waals surface area contributed by atoms with Gasteiger partial charge >= 0.3 is 0 Å². The van der Waals surface area contributed by atoms with Crippen LogP contribution in [-0.2, 0) is 4.79 Å². The van der Waals surface area contributed by atoms with Crippen LogP contribution in [0.25, 0.3) is 11.3 Å². The fourth-order valence-corrected chi connectivity index (χ4v) is 3.05. The standard InChI is InChI=1S/C19H10N2O2/c20-10-14-12-8-4-5-9-13(12)18(22)16-15(14)19(23)21-17(16)11-6-2-1-3-7-11/h1-9H,(H,21,23). The van der Waals surface area contributed by atoms with Crippen LogP contribution in [0.2, 0.25) is 0 Å². The van der Waals surface area contributed by atoms with E-state index in [-0.39, 0.29) is 22.5 Å². The number of carbonyl (C=O) groups excluding carboxylic acids is 2. The van der Waals surface area contributed by atoms with Crippen molar-refractivity contribution in [3.05, 3.63) is 82.4 Å². The van der Waals surface area contributed by atoms with E-state index in [2.05, 4.69) is 11.4 Å². The van der Waals surface area contributed by atoms with Crippen molar-refractivity contribution in [1.82, 2.24) is 5.32 Å². The van der Waals surface area contributed by atoms with Gasteiger partial charge in [0.1, 0.15) is 6.07 Å². The van der Waals surface area contributed by atoms with Gasteiger partial charge in [-0.3, -0.25) is 9.59 Å². The Bertz CT molecular complexity index is 976. The van der Waals surface area contributed by atoms with Gasteiger partial charge < -0.3 is 5.32 Å². The molecule has 0 bridgehead atoms. The zero-order chi connectivity index (χ0) is 16.0. The molecule has 108 valence electrons. The predicted octanol–water partition coefficient (Wildman–Crippen LogP) is 2.70. The normalized spacial score (nSPS) is 16.0. The molecule has 4 nitrogen and oxygen atoms in total. The zero-order valence-corrected chi connectivity index (χ0v) is 12.0. The second-order valence-corrected chi connectivity index (χ2v) is 5.31. The third-order valence-corrected chi connectivity index (χ3v) is 4.06. The highest BCUT2D eigenvalue weighted by Crippen LogP contribution is 2.40. The molecule has 2 aliphatic rings. The fraction of sp³-hybridized carbons (Fsp3) is 0. The van der Waals surface area contributed by atoms with Crippen molar-refractivity contribution in [3.63, 3.8) is 0 Å². The van der Waals surface area contributed by atoms with Crippen LogP contribution in [0.3, 0.4) is 0 Å². The molecule has 0 unspecified atom stereocenters. The average molecular weight is 298 g/mol. The maximum absolute atomic E-state index is 12.9. The molecular formula is C19H10N2O2. The summed E-state index contributed by atoms with van der Waals surface area (Å²) in [7, 11) is 0. The van der Waals surface area contributed by atoms with Gasteiger partial charge in [-0.15, -0.1) is 0 Å². The monoisotopic (exact) mass is 298 g/mol. The number of allylic oxidation sites excluding steroid dienone is 1. The second kappa shape index (κ2) is 4.79. The van der Waals surface area contributed by atoms with Gasteiger partial charge in [-0.1, -0.05) is 54.6 Å². The van der Waals surface area contributed by atoms with E-state index >= 15 is 0 Å². The van der Waals surface area contributed by atoms with E-state index < -0.39 is 5.91 Å². The Kier molecular flexibility index (Phi) is 2.75. The van der Waals surface area contributed by atoms with Gasteiger partial charge in [0, 0.05) is 11.1 Å². The van der Waals surface area contributed by atoms with E-state index in [1.165, 1.54) is 0 Å². The number of hydrogen-bond acceptors (Lipinski definition) is 3. The highest BCUT2D eigenvalue weighted by molar-refractivity contribution is 6.33.